The Labute approximate surface area is 374 Å². The van der Waals surface area contributed by atoms with E-state index in [0.29, 0.717) is 19.3 Å². The van der Waals surface area contributed by atoms with Gasteiger partial charge in [0.2, 0.25) is 0 Å². The molecule has 0 amide bonds. The Morgan fingerprint density at radius 3 is 0.817 bits per heavy atom. The second kappa shape index (κ2) is 46.9. The number of carbonyl (C=O) groups is 3. The van der Waals surface area contributed by atoms with Gasteiger partial charge in [-0.15, -0.1) is 0 Å². The van der Waals surface area contributed by atoms with Crippen LogP contribution < -0.4 is 0 Å². The number of ether oxygens (including phenoxy) is 3. The normalized spacial score (nSPS) is 12.1. The molecular formula is C54H104O6. The van der Waals surface area contributed by atoms with Gasteiger partial charge in [-0.2, -0.15) is 0 Å². The highest BCUT2D eigenvalue weighted by Gasteiger charge is 2.19. The SMILES string of the molecule is CCCCCCCCCCCCCCCCCCCCCC(=O)OC[C@@H](COC(=O)CCCCCCCCC(C)C)OC(=O)CCCCCCCCCCCCCC(C)C. The highest BCUT2D eigenvalue weighted by atomic mass is 16.6. The van der Waals surface area contributed by atoms with Crippen LogP contribution in [0.4, 0.5) is 0 Å². The number of carbonyl (C=O) groups excluding carboxylic acids is 3. The van der Waals surface area contributed by atoms with E-state index in [1.807, 2.05) is 0 Å². The molecule has 0 aliphatic heterocycles. The lowest BCUT2D eigenvalue weighted by atomic mass is 10.0. The van der Waals surface area contributed by atoms with Crippen molar-refractivity contribution in [2.24, 2.45) is 11.8 Å². The van der Waals surface area contributed by atoms with Crippen LogP contribution in [0.5, 0.6) is 0 Å². The van der Waals surface area contributed by atoms with Crippen LogP contribution in [-0.4, -0.2) is 37.2 Å². The van der Waals surface area contributed by atoms with Crippen molar-refractivity contribution >= 4 is 17.9 Å². The van der Waals surface area contributed by atoms with Crippen LogP contribution in [0.25, 0.3) is 0 Å². The highest BCUT2D eigenvalue weighted by Crippen LogP contribution is 2.18. The first-order valence-corrected chi connectivity index (χ1v) is 26.7. The van der Waals surface area contributed by atoms with Crippen molar-refractivity contribution in [3.8, 4) is 0 Å². The molecule has 0 N–H and O–H groups in total. The molecule has 0 aromatic heterocycles. The van der Waals surface area contributed by atoms with Gasteiger partial charge in [0.25, 0.3) is 0 Å². The molecule has 0 aromatic carbocycles. The molecule has 1 atom stereocenters. The summed E-state index contributed by atoms with van der Waals surface area (Å²) in [6, 6.07) is 0. The maximum atomic E-state index is 12.8. The van der Waals surface area contributed by atoms with E-state index in [1.165, 1.54) is 186 Å². The molecule has 6 heteroatoms. The summed E-state index contributed by atoms with van der Waals surface area (Å²) in [6.45, 7) is 11.3. The van der Waals surface area contributed by atoms with E-state index in [-0.39, 0.29) is 31.1 Å². The van der Waals surface area contributed by atoms with Crippen molar-refractivity contribution in [1.82, 2.24) is 0 Å². The lowest BCUT2D eigenvalue weighted by Crippen LogP contribution is -2.30. The lowest BCUT2D eigenvalue weighted by Gasteiger charge is -2.18. The summed E-state index contributed by atoms with van der Waals surface area (Å²) in [4.78, 5) is 37.9. The number of esters is 3. The van der Waals surface area contributed by atoms with Crippen molar-refractivity contribution in [2.45, 2.75) is 304 Å². The molecule has 60 heavy (non-hydrogen) atoms. The molecule has 0 aromatic rings. The first-order chi connectivity index (χ1) is 29.2. The van der Waals surface area contributed by atoms with Gasteiger partial charge in [-0.25, -0.2) is 0 Å². The molecule has 0 rings (SSSR count). The minimum atomic E-state index is -0.762. The van der Waals surface area contributed by atoms with Crippen molar-refractivity contribution in [3.63, 3.8) is 0 Å². The monoisotopic (exact) mass is 849 g/mol. The summed E-state index contributed by atoms with van der Waals surface area (Å²) < 4.78 is 16.8. The van der Waals surface area contributed by atoms with Crippen molar-refractivity contribution < 1.29 is 28.6 Å². The first kappa shape index (κ1) is 58.4. The summed E-state index contributed by atoms with van der Waals surface area (Å²) in [7, 11) is 0. The lowest BCUT2D eigenvalue weighted by molar-refractivity contribution is -0.167. The molecule has 0 bridgehead atoms. The van der Waals surface area contributed by atoms with Crippen LogP contribution in [-0.2, 0) is 28.6 Å². The van der Waals surface area contributed by atoms with E-state index < -0.39 is 6.10 Å². The Hall–Kier alpha value is -1.59. The van der Waals surface area contributed by atoms with Crippen LogP contribution in [0.1, 0.15) is 298 Å². The number of rotatable bonds is 48. The van der Waals surface area contributed by atoms with Crippen LogP contribution in [0.3, 0.4) is 0 Å². The molecule has 0 fully saturated rings. The second-order valence-corrected chi connectivity index (χ2v) is 19.5. The summed E-state index contributed by atoms with van der Waals surface area (Å²) in [5.74, 6) is 0.736. The molecular weight excluding hydrogens is 745 g/mol. The molecule has 0 saturated carbocycles. The number of unbranched alkanes of at least 4 members (excludes halogenated alkanes) is 33. The average molecular weight is 849 g/mol. The Morgan fingerprint density at radius 2 is 0.550 bits per heavy atom. The zero-order chi connectivity index (χ0) is 44.0. The number of hydrogen-bond donors (Lipinski definition) is 0. The fraction of sp³-hybridized carbons (Fsp3) is 0.944. The minimum absolute atomic E-state index is 0.0644. The molecule has 0 aliphatic rings. The molecule has 356 valence electrons. The first-order valence-electron chi connectivity index (χ1n) is 26.7. The maximum absolute atomic E-state index is 12.8. The van der Waals surface area contributed by atoms with Gasteiger partial charge < -0.3 is 14.2 Å². The van der Waals surface area contributed by atoms with Crippen molar-refractivity contribution in [2.75, 3.05) is 13.2 Å². The average Bonchev–Trinajstić information content (AvgIpc) is 3.22. The number of hydrogen-bond acceptors (Lipinski definition) is 6. The van der Waals surface area contributed by atoms with Crippen LogP contribution in [0.2, 0.25) is 0 Å². The third kappa shape index (κ3) is 47.5. The van der Waals surface area contributed by atoms with Gasteiger partial charge in [0.15, 0.2) is 6.10 Å². The van der Waals surface area contributed by atoms with Gasteiger partial charge in [0, 0.05) is 19.3 Å². The third-order valence-electron chi connectivity index (χ3n) is 12.2. The fourth-order valence-electron chi connectivity index (χ4n) is 8.17. The minimum Gasteiger partial charge on any atom is -0.462 e. The predicted molar refractivity (Wildman–Crippen MR) is 256 cm³/mol. The smallest absolute Gasteiger partial charge is 0.306 e. The zero-order valence-electron chi connectivity index (χ0n) is 41.1. The molecule has 0 saturated heterocycles. The molecule has 0 spiro atoms. The Morgan fingerprint density at radius 1 is 0.317 bits per heavy atom. The van der Waals surface area contributed by atoms with E-state index in [2.05, 4.69) is 34.6 Å². The van der Waals surface area contributed by atoms with Gasteiger partial charge in [-0.1, -0.05) is 259 Å². The van der Waals surface area contributed by atoms with Crippen LogP contribution >= 0.6 is 0 Å². The highest BCUT2D eigenvalue weighted by molar-refractivity contribution is 5.71. The Bertz CT molecular complexity index is 916. The molecule has 0 aliphatic carbocycles. The van der Waals surface area contributed by atoms with E-state index in [4.69, 9.17) is 14.2 Å². The van der Waals surface area contributed by atoms with Gasteiger partial charge >= 0.3 is 17.9 Å². The van der Waals surface area contributed by atoms with Gasteiger partial charge in [0.1, 0.15) is 13.2 Å². The standard InChI is InChI=1S/C54H104O6/c1-6-7-8-9-10-11-12-13-14-15-16-17-18-19-22-25-28-34-39-44-52(55)58-47-51(48-59-53(56)45-40-35-31-30-33-38-43-50(4)5)60-54(57)46-41-36-29-26-23-20-21-24-27-32-37-42-49(2)3/h49-51H,6-48H2,1-5H3/t51-/m0/s1. The molecule has 0 heterocycles. The third-order valence-corrected chi connectivity index (χ3v) is 12.2. The predicted octanol–water partition coefficient (Wildman–Crippen LogP) is 17.3. The van der Waals surface area contributed by atoms with Crippen molar-refractivity contribution in [1.29, 1.82) is 0 Å². The molecule has 0 radical (unpaired) electrons. The van der Waals surface area contributed by atoms with Crippen molar-refractivity contribution in [3.05, 3.63) is 0 Å². The van der Waals surface area contributed by atoms with Gasteiger partial charge in [-0.05, 0) is 31.1 Å². The summed E-state index contributed by atoms with van der Waals surface area (Å²) in [5.41, 5.74) is 0. The molecule has 0 unspecified atom stereocenters. The zero-order valence-corrected chi connectivity index (χ0v) is 41.1. The second-order valence-electron chi connectivity index (χ2n) is 19.5. The summed E-state index contributed by atoms with van der Waals surface area (Å²) >= 11 is 0. The largest absolute Gasteiger partial charge is 0.462 e. The maximum Gasteiger partial charge on any atom is 0.306 e. The van der Waals surface area contributed by atoms with E-state index in [1.54, 1.807) is 0 Å². The van der Waals surface area contributed by atoms with Gasteiger partial charge in [-0.3, -0.25) is 14.4 Å². The van der Waals surface area contributed by atoms with E-state index in [0.717, 1.165) is 69.6 Å². The van der Waals surface area contributed by atoms with E-state index >= 15 is 0 Å². The topological polar surface area (TPSA) is 78.9 Å². The quantitative estimate of drug-likeness (QED) is 0.0345. The van der Waals surface area contributed by atoms with E-state index in [9.17, 15) is 14.4 Å². The Kier molecular flexibility index (Phi) is 45.7. The van der Waals surface area contributed by atoms with Crippen LogP contribution in [0.15, 0.2) is 0 Å². The van der Waals surface area contributed by atoms with Gasteiger partial charge in [0.05, 0.1) is 0 Å². The molecule has 6 nitrogen and oxygen atoms in total. The summed E-state index contributed by atoms with van der Waals surface area (Å²) in [5, 5.41) is 0. The fourth-order valence-corrected chi connectivity index (χ4v) is 8.17. The Balaban J connectivity index is 4.22. The van der Waals surface area contributed by atoms with Crippen LogP contribution in [0, 0.1) is 11.8 Å². The summed E-state index contributed by atoms with van der Waals surface area (Å²) in [6.07, 6.45) is 48.3.